The van der Waals surface area contributed by atoms with Crippen molar-refractivity contribution in [2.24, 2.45) is 0 Å². The zero-order chi connectivity index (χ0) is 18.1. The molecule has 2 amide bonds. The smallest absolute Gasteiger partial charge is 0.242 e. The molecule has 1 spiro atoms. The standard InChI is InChI=1S/C16H23N5O4S/c1-19(14-17-18-15(26-14)21-6-2-3-12(21)22)11-13(23)20-7-4-16(5-8-20)24-9-10-25-16/h2-11H2,1H3. The monoisotopic (exact) mass is 381 g/mol. The van der Waals surface area contributed by atoms with Crippen molar-refractivity contribution in [2.75, 3.05) is 56.2 Å². The number of rotatable bonds is 4. The lowest BCUT2D eigenvalue weighted by molar-refractivity contribution is -0.187. The molecule has 3 saturated heterocycles. The number of amides is 2. The number of ether oxygens (including phenoxy) is 2. The summed E-state index contributed by atoms with van der Waals surface area (Å²) in [5.41, 5.74) is 0. The number of nitrogens with zero attached hydrogens (tertiary/aromatic N) is 5. The molecule has 0 unspecified atom stereocenters. The van der Waals surface area contributed by atoms with Crippen molar-refractivity contribution in [1.82, 2.24) is 15.1 Å². The van der Waals surface area contributed by atoms with Crippen LogP contribution in [0, 0.1) is 0 Å². The van der Waals surface area contributed by atoms with Crippen molar-refractivity contribution in [3.05, 3.63) is 0 Å². The molecule has 4 rings (SSSR count). The Balaban J connectivity index is 1.32. The Kier molecular flexibility index (Phi) is 4.80. The number of carbonyl (C=O) groups excluding carboxylic acids is 2. The maximum absolute atomic E-state index is 12.6. The van der Waals surface area contributed by atoms with E-state index in [1.165, 1.54) is 11.3 Å². The number of hydrogen-bond donors (Lipinski definition) is 0. The second-order valence-electron chi connectivity index (χ2n) is 6.86. The number of anilines is 2. The Morgan fingerprint density at radius 2 is 1.96 bits per heavy atom. The second kappa shape index (κ2) is 7.09. The number of hydrogen-bond acceptors (Lipinski definition) is 8. The summed E-state index contributed by atoms with van der Waals surface area (Å²) in [5.74, 6) is -0.335. The molecule has 9 nitrogen and oxygen atoms in total. The summed E-state index contributed by atoms with van der Waals surface area (Å²) in [6, 6.07) is 0. The van der Waals surface area contributed by atoms with Gasteiger partial charge in [0, 0.05) is 45.9 Å². The van der Waals surface area contributed by atoms with Crippen molar-refractivity contribution in [2.45, 2.75) is 31.5 Å². The van der Waals surface area contributed by atoms with Crippen LogP contribution in [-0.4, -0.2) is 79.1 Å². The van der Waals surface area contributed by atoms with E-state index in [0.29, 0.717) is 62.4 Å². The fraction of sp³-hybridized carbons (Fsp3) is 0.750. The summed E-state index contributed by atoms with van der Waals surface area (Å²) in [6.45, 7) is 3.46. The summed E-state index contributed by atoms with van der Waals surface area (Å²) in [5, 5.41) is 9.50. The van der Waals surface area contributed by atoms with Gasteiger partial charge in [-0.1, -0.05) is 11.3 Å². The Labute approximate surface area is 155 Å². The van der Waals surface area contributed by atoms with Crippen LogP contribution in [0.1, 0.15) is 25.7 Å². The molecular formula is C16H23N5O4S. The topological polar surface area (TPSA) is 88.1 Å². The molecule has 1 aromatic heterocycles. The fourth-order valence-electron chi connectivity index (χ4n) is 3.57. The van der Waals surface area contributed by atoms with E-state index in [4.69, 9.17) is 9.47 Å². The molecule has 3 aliphatic rings. The van der Waals surface area contributed by atoms with Crippen LogP contribution >= 0.6 is 11.3 Å². The molecule has 0 saturated carbocycles. The minimum absolute atomic E-state index is 0.0503. The maximum Gasteiger partial charge on any atom is 0.242 e. The van der Waals surface area contributed by atoms with Gasteiger partial charge in [0.15, 0.2) is 5.79 Å². The lowest BCUT2D eigenvalue weighted by Gasteiger charge is -2.38. The minimum atomic E-state index is -0.473. The summed E-state index contributed by atoms with van der Waals surface area (Å²) in [6.07, 6.45) is 2.84. The molecule has 3 aliphatic heterocycles. The van der Waals surface area contributed by atoms with Gasteiger partial charge in [0.05, 0.1) is 19.8 Å². The Morgan fingerprint density at radius 3 is 2.62 bits per heavy atom. The van der Waals surface area contributed by atoms with E-state index in [1.807, 2.05) is 11.9 Å². The van der Waals surface area contributed by atoms with Gasteiger partial charge >= 0.3 is 0 Å². The predicted octanol–water partition coefficient (Wildman–Crippen LogP) is 0.467. The molecule has 1 aromatic rings. The highest BCUT2D eigenvalue weighted by Crippen LogP contribution is 2.32. The largest absolute Gasteiger partial charge is 0.347 e. The highest BCUT2D eigenvalue weighted by molar-refractivity contribution is 7.19. The maximum atomic E-state index is 12.6. The van der Waals surface area contributed by atoms with Crippen molar-refractivity contribution in [3.63, 3.8) is 0 Å². The van der Waals surface area contributed by atoms with Crippen LogP contribution in [0.15, 0.2) is 0 Å². The van der Waals surface area contributed by atoms with E-state index in [-0.39, 0.29) is 18.4 Å². The summed E-state index contributed by atoms with van der Waals surface area (Å²) in [7, 11) is 1.82. The molecular weight excluding hydrogens is 358 g/mol. The molecule has 142 valence electrons. The second-order valence-corrected chi connectivity index (χ2v) is 7.80. The number of likely N-dealkylation sites (tertiary alicyclic amines) is 1. The SMILES string of the molecule is CN(CC(=O)N1CCC2(CC1)OCCO2)c1nnc(N2CCCC2=O)s1. The molecule has 0 radical (unpaired) electrons. The lowest BCUT2D eigenvalue weighted by atomic mass is 10.0. The van der Waals surface area contributed by atoms with E-state index < -0.39 is 5.79 Å². The summed E-state index contributed by atoms with van der Waals surface area (Å²) < 4.78 is 11.4. The van der Waals surface area contributed by atoms with E-state index in [0.717, 1.165) is 6.42 Å². The van der Waals surface area contributed by atoms with Crippen LogP contribution in [0.25, 0.3) is 0 Å². The van der Waals surface area contributed by atoms with Gasteiger partial charge in [-0.05, 0) is 6.42 Å². The minimum Gasteiger partial charge on any atom is -0.347 e. The number of aromatic nitrogens is 2. The van der Waals surface area contributed by atoms with Gasteiger partial charge in [0.1, 0.15) is 0 Å². The molecule has 0 bridgehead atoms. The van der Waals surface area contributed by atoms with Gasteiger partial charge in [0.2, 0.25) is 22.1 Å². The van der Waals surface area contributed by atoms with Crippen molar-refractivity contribution < 1.29 is 19.1 Å². The zero-order valence-corrected chi connectivity index (χ0v) is 15.7. The fourth-order valence-corrected chi connectivity index (χ4v) is 4.43. The Morgan fingerprint density at radius 1 is 1.23 bits per heavy atom. The van der Waals surface area contributed by atoms with Crippen LogP contribution < -0.4 is 9.80 Å². The average molecular weight is 381 g/mol. The number of likely N-dealkylation sites (N-methyl/N-ethyl adjacent to an activating group) is 1. The molecule has 0 aliphatic carbocycles. The van der Waals surface area contributed by atoms with Crippen LogP contribution in [0.5, 0.6) is 0 Å². The van der Waals surface area contributed by atoms with Gasteiger partial charge in [-0.3, -0.25) is 14.5 Å². The van der Waals surface area contributed by atoms with E-state index in [1.54, 1.807) is 9.80 Å². The van der Waals surface area contributed by atoms with Crippen molar-refractivity contribution >= 4 is 33.4 Å². The third kappa shape index (κ3) is 3.40. The third-order valence-corrected chi connectivity index (χ3v) is 6.16. The van der Waals surface area contributed by atoms with Crippen LogP contribution in [0.2, 0.25) is 0 Å². The van der Waals surface area contributed by atoms with Crippen LogP contribution in [-0.2, 0) is 19.1 Å². The summed E-state index contributed by atoms with van der Waals surface area (Å²) >= 11 is 1.34. The average Bonchev–Trinajstić information content (AvgIpc) is 3.36. The zero-order valence-electron chi connectivity index (χ0n) is 14.8. The van der Waals surface area contributed by atoms with E-state index in [2.05, 4.69) is 10.2 Å². The third-order valence-electron chi connectivity index (χ3n) is 5.10. The normalized spacial score (nSPS) is 22.4. The molecule has 4 heterocycles. The first kappa shape index (κ1) is 17.6. The van der Waals surface area contributed by atoms with Gasteiger partial charge in [-0.2, -0.15) is 0 Å². The Hall–Kier alpha value is -1.78. The molecule has 10 heteroatoms. The highest BCUT2D eigenvalue weighted by Gasteiger charge is 2.40. The van der Waals surface area contributed by atoms with Crippen LogP contribution in [0.4, 0.5) is 10.3 Å². The predicted molar refractivity (Wildman–Crippen MR) is 95.2 cm³/mol. The van der Waals surface area contributed by atoms with Gasteiger partial charge < -0.3 is 19.3 Å². The Bertz CT molecular complexity index is 680. The molecule has 3 fully saturated rings. The summed E-state index contributed by atoms with van der Waals surface area (Å²) in [4.78, 5) is 29.7. The molecule has 0 aromatic carbocycles. The highest BCUT2D eigenvalue weighted by atomic mass is 32.1. The quantitative estimate of drug-likeness (QED) is 0.749. The lowest BCUT2D eigenvalue weighted by Crippen LogP contribution is -2.49. The number of piperidine rings is 1. The molecule has 0 atom stereocenters. The molecule has 26 heavy (non-hydrogen) atoms. The van der Waals surface area contributed by atoms with Crippen molar-refractivity contribution in [1.29, 1.82) is 0 Å². The van der Waals surface area contributed by atoms with Crippen LogP contribution in [0.3, 0.4) is 0 Å². The first-order valence-electron chi connectivity index (χ1n) is 8.97. The van der Waals surface area contributed by atoms with E-state index in [9.17, 15) is 9.59 Å². The van der Waals surface area contributed by atoms with Gasteiger partial charge in [-0.25, -0.2) is 0 Å². The first-order valence-corrected chi connectivity index (χ1v) is 9.79. The number of carbonyl (C=O) groups is 2. The van der Waals surface area contributed by atoms with Crippen molar-refractivity contribution in [3.8, 4) is 0 Å². The van der Waals surface area contributed by atoms with Gasteiger partial charge in [0.25, 0.3) is 0 Å². The molecule has 0 N–H and O–H groups in total. The van der Waals surface area contributed by atoms with E-state index >= 15 is 0 Å². The first-order chi connectivity index (χ1) is 12.6. The van der Waals surface area contributed by atoms with Gasteiger partial charge in [-0.15, -0.1) is 10.2 Å².